The molecule has 2 unspecified atom stereocenters. The molecular weight excluding hydrogens is 390 g/mol. The van der Waals surface area contributed by atoms with Crippen molar-refractivity contribution in [2.75, 3.05) is 6.61 Å². The third-order valence-electron chi connectivity index (χ3n) is 7.70. The third kappa shape index (κ3) is 5.13. The molecule has 0 N–H and O–H groups in total. The molecule has 2 aromatic carbocycles. The lowest BCUT2D eigenvalue weighted by Crippen LogP contribution is -2.30. The fraction of sp³-hybridized carbons (Fsp3) is 0.571. The van der Waals surface area contributed by atoms with Crippen molar-refractivity contribution in [2.45, 2.75) is 77.6 Å². The molecule has 0 aliphatic heterocycles. The van der Waals surface area contributed by atoms with Crippen molar-refractivity contribution in [3.8, 4) is 5.75 Å². The van der Waals surface area contributed by atoms with E-state index < -0.39 is 0 Å². The second-order valence-corrected chi connectivity index (χ2v) is 9.73. The third-order valence-corrected chi connectivity index (χ3v) is 7.70. The maximum absolute atomic E-state index is 15.1. The minimum atomic E-state index is -0.334. The summed E-state index contributed by atoms with van der Waals surface area (Å²) in [5.41, 5.74) is 0.709. The van der Waals surface area contributed by atoms with Gasteiger partial charge in [0.2, 0.25) is 0 Å². The highest BCUT2D eigenvalue weighted by Crippen LogP contribution is 2.49. The maximum atomic E-state index is 15.1. The zero-order chi connectivity index (χ0) is 21.8. The predicted octanol–water partition coefficient (Wildman–Crippen LogP) is 8.56. The van der Waals surface area contributed by atoms with Crippen molar-refractivity contribution in [1.29, 1.82) is 0 Å². The minimum Gasteiger partial charge on any atom is -0.489 e. The van der Waals surface area contributed by atoms with Crippen LogP contribution < -0.4 is 4.74 Å². The molecule has 31 heavy (non-hydrogen) atoms. The highest BCUT2D eigenvalue weighted by Gasteiger charge is 2.36. The lowest BCUT2D eigenvalue weighted by Gasteiger charge is -2.42. The van der Waals surface area contributed by atoms with E-state index in [4.69, 9.17) is 4.74 Å². The van der Waals surface area contributed by atoms with Crippen LogP contribution in [0, 0.1) is 29.4 Å². The van der Waals surface area contributed by atoms with Crippen LogP contribution in [-0.2, 0) is 0 Å². The van der Waals surface area contributed by atoms with E-state index >= 15 is 4.39 Å². The summed E-state index contributed by atoms with van der Waals surface area (Å²) in [5, 5.41) is 1.07. The van der Waals surface area contributed by atoms with Crippen molar-refractivity contribution in [3.63, 3.8) is 0 Å². The summed E-state index contributed by atoms with van der Waals surface area (Å²) in [6.45, 7) is 4.56. The van der Waals surface area contributed by atoms with Crippen LogP contribution in [0.2, 0.25) is 0 Å². The summed E-state index contributed by atoms with van der Waals surface area (Å²) in [7, 11) is 0. The quantitative estimate of drug-likeness (QED) is 0.403. The van der Waals surface area contributed by atoms with Crippen molar-refractivity contribution in [2.24, 2.45) is 17.8 Å². The molecule has 0 aromatic heterocycles. The molecule has 2 aliphatic rings. The van der Waals surface area contributed by atoms with Gasteiger partial charge in [0.25, 0.3) is 0 Å². The van der Waals surface area contributed by atoms with Crippen LogP contribution in [0.1, 0.15) is 83.1 Å². The van der Waals surface area contributed by atoms with Crippen LogP contribution in [0.5, 0.6) is 5.75 Å². The Labute approximate surface area is 185 Å². The number of hydrogen-bond donors (Lipinski definition) is 0. The number of ether oxygens (including phenoxy) is 1. The largest absolute Gasteiger partial charge is 0.489 e. The highest BCUT2D eigenvalue weighted by atomic mass is 19.1. The van der Waals surface area contributed by atoms with Gasteiger partial charge in [0.05, 0.1) is 0 Å². The molecule has 2 aromatic rings. The molecule has 0 amide bonds. The summed E-state index contributed by atoms with van der Waals surface area (Å²) >= 11 is 0. The number of benzene rings is 2. The summed E-state index contributed by atoms with van der Waals surface area (Å²) in [6.07, 6.45) is 15.0. The van der Waals surface area contributed by atoms with E-state index in [1.807, 2.05) is 19.1 Å². The Kier molecular flexibility index (Phi) is 7.30. The zero-order valence-electron chi connectivity index (χ0n) is 19.0. The Bertz CT molecular complexity index is 919. The first-order valence-electron chi connectivity index (χ1n) is 12.3. The number of fused-ring (bicyclic) bond motifs is 2. The lowest BCUT2D eigenvalue weighted by atomic mass is 9.63. The number of hydrogen-bond acceptors (Lipinski definition) is 1. The SMILES string of the molecule is C/C=C/COc1cc(F)c2cc([C@@H]3CC[C@@H]4CC(CCCC)CCC4C3)c(F)cc2c1. The molecule has 3 heteroatoms. The summed E-state index contributed by atoms with van der Waals surface area (Å²) in [5.74, 6) is 2.53. The normalized spacial score (nSPS) is 26.3. The molecule has 1 nitrogen and oxygen atoms in total. The van der Waals surface area contributed by atoms with Gasteiger partial charge < -0.3 is 4.74 Å². The van der Waals surface area contributed by atoms with Crippen LogP contribution in [0.3, 0.4) is 0 Å². The zero-order valence-corrected chi connectivity index (χ0v) is 19.0. The van der Waals surface area contributed by atoms with Gasteiger partial charge in [-0.05, 0) is 91.8 Å². The van der Waals surface area contributed by atoms with Gasteiger partial charge in [0.1, 0.15) is 24.0 Å². The molecule has 0 bridgehead atoms. The number of unbranched alkanes of at least 4 members (excludes halogenated alkanes) is 1. The average molecular weight is 427 g/mol. The van der Waals surface area contributed by atoms with Gasteiger partial charge >= 0.3 is 0 Å². The van der Waals surface area contributed by atoms with Gasteiger partial charge in [-0.3, -0.25) is 0 Å². The van der Waals surface area contributed by atoms with Gasteiger partial charge in [-0.25, -0.2) is 8.78 Å². The summed E-state index contributed by atoms with van der Waals surface area (Å²) in [6, 6.07) is 6.43. The first-order valence-corrected chi connectivity index (χ1v) is 12.3. The van der Waals surface area contributed by atoms with Crippen LogP contribution in [-0.4, -0.2) is 6.61 Å². The van der Waals surface area contributed by atoms with E-state index in [9.17, 15) is 4.39 Å². The van der Waals surface area contributed by atoms with Gasteiger partial charge in [-0.15, -0.1) is 0 Å². The molecule has 168 valence electrons. The number of rotatable bonds is 7. The Morgan fingerprint density at radius 1 is 0.968 bits per heavy atom. The van der Waals surface area contributed by atoms with E-state index in [1.54, 1.807) is 12.1 Å². The van der Waals surface area contributed by atoms with E-state index in [0.717, 1.165) is 24.7 Å². The fourth-order valence-electron chi connectivity index (χ4n) is 5.99. The standard InChI is InChI=1S/C28H36F2O/c1-3-5-7-19-8-9-21-14-22(11-10-20(21)13-19)25-18-26-23(16-27(25)29)15-24(17-28(26)30)31-12-6-4-2/h4,6,15-22H,3,5,7-14H2,1-2H3/b6-4+/t19?,20-,21?,22-/m1/s1. The van der Waals surface area contributed by atoms with Crippen molar-refractivity contribution in [1.82, 2.24) is 0 Å². The Morgan fingerprint density at radius 3 is 2.58 bits per heavy atom. The smallest absolute Gasteiger partial charge is 0.134 e. The molecule has 2 saturated carbocycles. The summed E-state index contributed by atoms with van der Waals surface area (Å²) in [4.78, 5) is 0. The predicted molar refractivity (Wildman–Crippen MR) is 125 cm³/mol. The molecular formula is C28H36F2O. The van der Waals surface area contributed by atoms with Crippen molar-refractivity contribution < 1.29 is 13.5 Å². The summed E-state index contributed by atoms with van der Waals surface area (Å²) < 4.78 is 35.5. The van der Waals surface area contributed by atoms with Gasteiger partial charge in [0, 0.05) is 11.5 Å². The van der Waals surface area contributed by atoms with E-state index in [-0.39, 0.29) is 17.6 Å². The Balaban J connectivity index is 1.49. The van der Waals surface area contributed by atoms with Gasteiger partial charge in [-0.2, -0.15) is 0 Å². The average Bonchev–Trinajstić information content (AvgIpc) is 2.77. The van der Waals surface area contributed by atoms with Crippen LogP contribution in [0.15, 0.2) is 36.4 Å². The van der Waals surface area contributed by atoms with Gasteiger partial charge in [0.15, 0.2) is 0 Å². The molecule has 2 fully saturated rings. The molecule has 2 aliphatic carbocycles. The second kappa shape index (κ2) is 10.1. The van der Waals surface area contributed by atoms with Gasteiger partial charge in [-0.1, -0.05) is 44.8 Å². The highest BCUT2D eigenvalue weighted by molar-refractivity contribution is 5.85. The van der Waals surface area contributed by atoms with E-state index in [1.165, 1.54) is 57.1 Å². The Morgan fingerprint density at radius 2 is 1.77 bits per heavy atom. The van der Waals surface area contributed by atoms with Crippen molar-refractivity contribution in [3.05, 3.63) is 53.6 Å². The Hall–Kier alpha value is -1.90. The molecule has 0 radical (unpaired) electrons. The van der Waals surface area contributed by atoms with Crippen LogP contribution in [0.4, 0.5) is 8.78 Å². The lowest BCUT2D eigenvalue weighted by molar-refractivity contribution is 0.112. The van der Waals surface area contributed by atoms with Crippen LogP contribution in [0.25, 0.3) is 10.8 Å². The molecule has 4 atom stereocenters. The van der Waals surface area contributed by atoms with E-state index in [0.29, 0.717) is 34.6 Å². The number of allylic oxidation sites excluding steroid dienone is 1. The second-order valence-electron chi connectivity index (χ2n) is 9.73. The molecule has 0 spiro atoms. The topological polar surface area (TPSA) is 9.23 Å². The number of halogens is 2. The van der Waals surface area contributed by atoms with E-state index in [2.05, 4.69) is 6.92 Å². The molecule has 4 rings (SSSR count). The maximum Gasteiger partial charge on any atom is 0.134 e. The fourth-order valence-corrected chi connectivity index (χ4v) is 5.99. The monoisotopic (exact) mass is 426 g/mol. The minimum absolute atomic E-state index is 0.197. The molecule has 0 heterocycles. The van der Waals surface area contributed by atoms with Crippen molar-refractivity contribution >= 4 is 10.8 Å². The molecule has 0 saturated heterocycles. The first-order chi connectivity index (χ1) is 15.1. The van der Waals surface area contributed by atoms with Crippen LogP contribution >= 0.6 is 0 Å². The first kappa shape index (κ1) is 22.3.